The topological polar surface area (TPSA) is 56.1 Å². The SMILES string of the molecule is COc1cc(Nc2ccnc3ccc(I)cc23)cc(-c2ccn(C)c(=O)c2)c1. The molecular weight excluding hydrogens is 465 g/mol. The number of methoxy groups -OCH3 is 1. The van der Waals surface area contributed by atoms with Crippen molar-refractivity contribution in [3.63, 3.8) is 0 Å². The third-order valence-electron chi connectivity index (χ3n) is 4.56. The van der Waals surface area contributed by atoms with E-state index in [1.165, 1.54) is 0 Å². The van der Waals surface area contributed by atoms with Gasteiger partial charge in [0.1, 0.15) is 5.75 Å². The van der Waals surface area contributed by atoms with Crippen molar-refractivity contribution in [3.8, 4) is 16.9 Å². The Morgan fingerprint density at radius 3 is 2.68 bits per heavy atom. The Morgan fingerprint density at radius 2 is 1.89 bits per heavy atom. The van der Waals surface area contributed by atoms with E-state index >= 15 is 0 Å². The Morgan fingerprint density at radius 1 is 1.04 bits per heavy atom. The number of halogens is 1. The molecule has 0 bridgehead atoms. The van der Waals surface area contributed by atoms with Crippen LogP contribution in [0.15, 0.2) is 71.8 Å². The normalized spacial score (nSPS) is 10.8. The summed E-state index contributed by atoms with van der Waals surface area (Å²) in [7, 11) is 3.37. The molecule has 0 atom stereocenters. The molecule has 4 aromatic rings. The minimum atomic E-state index is -0.0514. The van der Waals surface area contributed by atoms with Crippen molar-refractivity contribution < 1.29 is 4.74 Å². The zero-order valence-corrected chi connectivity index (χ0v) is 17.6. The molecule has 2 aromatic carbocycles. The summed E-state index contributed by atoms with van der Waals surface area (Å²) in [5, 5.41) is 4.53. The highest BCUT2D eigenvalue weighted by molar-refractivity contribution is 14.1. The lowest BCUT2D eigenvalue weighted by atomic mass is 10.1. The van der Waals surface area contributed by atoms with Crippen molar-refractivity contribution in [2.75, 3.05) is 12.4 Å². The standard InChI is InChI=1S/C22H18IN3O2/c1-26-8-6-14(11-22(26)27)15-9-17(13-18(10-15)28-2)25-21-5-7-24-20-4-3-16(23)12-19(20)21/h3-13H,1-2H3,(H,24,25). The highest BCUT2D eigenvalue weighted by Gasteiger charge is 2.08. The fraction of sp³-hybridized carbons (Fsp3) is 0.0909. The zero-order valence-electron chi connectivity index (χ0n) is 15.4. The van der Waals surface area contributed by atoms with Crippen LogP contribution in [0.1, 0.15) is 0 Å². The quantitative estimate of drug-likeness (QED) is 0.417. The summed E-state index contributed by atoms with van der Waals surface area (Å²) in [5.41, 5.74) is 4.48. The van der Waals surface area contributed by atoms with Gasteiger partial charge in [0.05, 0.1) is 12.6 Å². The number of pyridine rings is 2. The first-order valence-corrected chi connectivity index (χ1v) is 9.79. The van der Waals surface area contributed by atoms with Gasteiger partial charge in [-0.25, -0.2) is 0 Å². The molecule has 28 heavy (non-hydrogen) atoms. The van der Waals surface area contributed by atoms with Gasteiger partial charge in [-0.05, 0) is 76.2 Å². The highest BCUT2D eigenvalue weighted by atomic mass is 127. The van der Waals surface area contributed by atoms with Crippen molar-refractivity contribution in [1.82, 2.24) is 9.55 Å². The molecule has 1 N–H and O–H groups in total. The number of anilines is 2. The van der Waals surface area contributed by atoms with E-state index in [-0.39, 0.29) is 5.56 Å². The lowest BCUT2D eigenvalue weighted by molar-refractivity contribution is 0.415. The van der Waals surface area contributed by atoms with Crippen LogP contribution in [-0.2, 0) is 7.05 Å². The average Bonchev–Trinajstić information content (AvgIpc) is 2.70. The highest BCUT2D eigenvalue weighted by Crippen LogP contribution is 2.32. The molecule has 140 valence electrons. The molecule has 0 aliphatic rings. The van der Waals surface area contributed by atoms with Crippen LogP contribution in [0.25, 0.3) is 22.0 Å². The molecule has 2 aromatic heterocycles. The number of aryl methyl sites for hydroxylation is 1. The summed E-state index contributed by atoms with van der Waals surface area (Å²) in [4.78, 5) is 16.5. The lowest BCUT2D eigenvalue weighted by Gasteiger charge is -2.13. The monoisotopic (exact) mass is 483 g/mol. The summed E-state index contributed by atoms with van der Waals surface area (Å²) in [6.45, 7) is 0. The van der Waals surface area contributed by atoms with E-state index in [9.17, 15) is 4.79 Å². The molecule has 0 amide bonds. The number of aromatic nitrogens is 2. The predicted molar refractivity (Wildman–Crippen MR) is 121 cm³/mol. The van der Waals surface area contributed by atoms with Crippen molar-refractivity contribution in [2.24, 2.45) is 7.05 Å². The summed E-state index contributed by atoms with van der Waals surface area (Å²) in [5.74, 6) is 0.716. The Balaban J connectivity index is 1.79. The van der Waals surface area contributed by atoms with Crippen LogP contribution in [0.3, 0.4) is 0 Å². The van der Waals surface area contributed by atoms with E-state index < -0.39 is 0 Å². The number of benzene rings is 2. The Hall–Kier alpha value is -2.87. The summed E-state index contributed by atoms with van der Waals surface area (Å²) in [6.07, 6.45) is 3.56. The summed E-state index contributed by atoms with van der Waals surface area (Å²) in [6, 6.07) is 17.5. The number of hydrogen-bond donors (Lipinski definition) is 1. The minimum absolute atomic E-state index is 0.0514. The number of rotatable bonds is 4. The first-order chi connectivity index (χ1) is 13.5. The fourth-order valence-electron chi connectivity index (χ4n) is 3.07. The first kappa shape index (κ1) is 18.5. The molecule has 5 nitrogen and oxygen atoms in total. The van der Waals surface area contributed by atoms with Crippen LogP contribution < -0.4 is 15.6 Å². The van der Waals surface area contributed by atoms with E-state index in [1.807, 2.05) is 42.5 Å². The maximum Gasteiger partial charge on any atom is 0.250 e. The van der Waals surface area contributed by atoms with Crippen LogP contribution in [0.2, 0.25) is 0 Å². The second-order valence-corrected chi connectivity index (χ2v) is 7.71. The van der Waals surface area contributed by atoms with Crippen molar-refractivity contribution in [1.29, 1.82) is 0 Å². The van der Waals surface area contributed by atoms with Gasteiger partial charge in [-0.15, -0.1) is 0 Å². The van der Waals surface area contributed by atoms with E-state index in [1.54, 1.807) is 37.2 Å². The molecule has 0 saturated heterocycles. The van der Waals surface area contributed by atoms with E-state index in [2.05, 4.69) is 39.0 Å². The largest absolute Gasteiger partial charge is 0.497 e. The molecule has 4 rings (SSSR count). The van der Waals surface area contributed by atoms with E-state index in [0.717, 1.165) is 37.0 Å². The Labute approximate surface area is 176 Å². The molecule has 0 spiro atoms. The van der Waals surface area contributed by atoms with Gasteiger partial charge in [-0.1, -0.05) is 0 Å². The van der Waals surface area contributed by atoms with Crippen LogP contribution >= 0.6 is 22.6 Å². The van der Waals surface area contributed by atoms with Gasteiger partial charge in [0.25, 0.3) is 5.56 Å². The molecule has 6 heteroatoms. The van der Waals surface area contributed by atoms with Crippen LogP contribution in [0.4, 0.5) is 11.4 Å². The molecule has 0 aliphatic heterocycles. The Bertz CT molecular complexity index is 1230. The second-order valence-electron chi connectivity index (χ2n) is 6.46. The molecule has 0 fully saturated rings. The van der Waals surface area contributed by atoms with Gasteiger partial charge in [-0.3, -0.25) is 9.78 Å². The third kappa shape index (κ3) is 3.73. The number of hydrogen-bond acceptors (Lipinski definition) is 4. The molecule has 0 aliphatic carbocycles. The predicted octanol–water partition coefficient (Wildman–Crippen LogP) is 4.96. The number of nitrogens with one attached hydrogen (secondary N) is 1. The Kier molecular flexibility index (Phi) is 5.04. The summed E-state index contributed by atoms with van der Waals surface area (Å²) >= 11 is 2.30. The van der Waals surface area contributed by atoms with Crippen LogP contribution in [0, 0.1) is 3.57 Å². The van der Waals surface area contributed by atoms with E-state index in [4.69, 9.17) is 4.74 Å². The molecule has 2 heterocycles. The average molecular weight is 483 g/mol. The molecule has 0 unspecified atom stereocenters. The summed E-state index contributed by atoms with van der Waals surface area (Å²) < 4.78 is 8.17. The van der Waals surface area contributed by atoms with Gasteiger partial charge >= 0.3 is 0 Å². The van der Waals surface area contributed by atoms with Gasteiger partial charge in [0.2, 0.25) is 0 Å². The minimum Gasteiger partial charge on any atom is -0.497 e. The molecule has 0 saturated carbocycles. The number of nitrogens with zero attached hydrogens (tertiary/aromatic N) is 2. The lowest BCUT2D eigenvalue weighted by Crippen LogP contribution is -2.14. The van der Waals surface area contributed by atoms with Crippen molar-refractivity contribution in [3.05, 3.63) is 80.9 Å². The number of fused-ring (bicyclic) bond motifs is 1. The van der Waals surface area contributed by atoms with Crippen LogP contribution in [0.5, 0.6) is 5.75 Å². The maximum atomic E-state index is 12.0. The van der Waals surface area contributed by atoms with Crippen LogP contribution in [-0.4, -0.2) is 16.7 Å². The van der Waals surface area contributed by atoms with Gasteiger partial charge in [-0.2, -0.15) is 0 Å². The third-order valence-corrected chi connectivity index (χ3v) is 5.23. The van der Waals surface area contributed by atoms with Gasteiger partial charge in [0, 0.05) is 51.9 Å². The first-order valence-electron chi connectivity index (χ1n) is 8.71. The zero-order chi connectivity index (χ0) is 19.7. The van der Waals surface area contributed by atoms with E-state index in [0.29, 0.717) is 5.75 Å². The molecule has 0 radical (unpaired) electrons. The van der Waals surface area contributed by atoms with Gasteiger partial charge < -0.3 is 14.6 Å². The second kappa shape index (κ2) is 7.63. The number of ether oxygens (including phenoxy) is 1. The van der Waals surface area contributed by atoms with Gasteiger partial charge in [0.15, 0.2) is 0 Å². The van der Waals surface area contributed by atoms with Crippen molar-refractivity contribution >= 4 is 44.9 Å². The van der Waals surface area contributed by atoms with Crippen molar-refractivity contribution in [2.45, 2.75) is 0 Å². The maximum absolute atomic E-state index is 12.0. The smallest absolute Gasteiger partial charge is 0.250 e. The molecular formula is C22H18IN3O2. The fourth-order valence-corrected chi connectivity index (χ4v) is 3.56.